The number of carbonyl (C=O) groups is 2. The lowest BCUT2D eigenvalue weighted by molar-refractivity contribution is -0.134. The highest BCUT2D eigenvalue weighted by atomic mass is 32.2. The highest BCUT2D eigenvalue weighted by molar-refractivity contribution is 7.90. The molecule has 2 atom stereocenters. The fraction of sp³-hybridized carbons (Fsp3) is 0.378. The van der Waals surface area contributed by atoms with Crippen molar-refractivity contribution in [3.63, 3.8) is 0 Å². The van der Waals surface area contributed by atoms with Gasteiger partial charge in [-0.1, -0.05) is 6.07 Å². The molecule has 0 aliphatic carbocycles. The molecule has 2 N–H and O–H groups in total. The number of amides is 2. The lowest BCUT2D eigenvalue weighted by Crippen LogP contribution is -2.49. The summed E-state index contributed by atoms with van der Waals surface area (Å²) < 4.78 is 80.2. The van der Waals surface area contributed by atoms with Crippen molar-refractivity contribution in [2.75, 3.05) is 73.4 Å². The van der Waals surface area contributed by atoms with Crippen LogP contribution in [0.15, 0.2) is 78.0 Å². The second kappa shape index (κ2) is 18.1. The van der Waals surface area contributed by atoms with Gasteiger partial charge >= 0.3 is 10.2 Å². The number of hydrogen-bond acceptors (Lipinski definition) is 12. The topological polar surface area (TPSA) is 186 Å². The Kier molecular flexibility index (Phi) is 12.2. The molecule has 4 aliphatic rings. The SMILES string of the molecule is N#Cc1c(NS(=O)(=O)N2CC[C@@H](F)C2)ccc(F)c1Oc1ccc2ncn(-c3ccc(N4CCN(CC5CCN(c6ccc(C7CCC(=O)NC7=O)cc6F)CC5)CC4)nc3)c(=O)c2c1. The number of rotatable bonds is 11. The molecule has 4 aliphatic heterocycles. The first-order valence-electron chi connectivity index (χ1n) is 21.5. The van der Waals surface area contributed by atoms with E-state index in [2.05, 4.69) is 34.7 Å². The molecule has 0 spiro atoms. The van der Waals surface area contributed by atoms with E-state index in [1.165, 1.54) is 35.2 Å². The van der Waals surface area contributed by atoms with Crippen LogP contribution in [0.3, 0.4) is 0 Å². The second-order valence-corrected chi connectivity index (χ2v) is 18.4. The minimum absolute atomic E-state index is 0.00603. The number of nitriles is 1. The van der Waals surface area contributed by atoms with Crippen LogP contribution in [-0.4, -0.2) is 109 Å². The first-order chi connectivity index (χ1) is 31.3. The van der Waals surface area contributed by atoms with E-state index in [9.17, 15) is 32.5 Å². The average molecular weight is 911 g/mol. The summed E-state index contributed by atoms with van der Waals surface area (Å²) in [7, 11) is -4.25. The smallest absolute Gasteiger partial charge is 0.301 e. The number of hydrogen-bond donors (Lipinski definition) is 2. The van der Waals surface area contributed by atoms with Crippen LogP contribution in [0.25, 0.3) is 16.6 Å². The Bertz CT molecular complexity index is 2860. The lowest BCUT2D eigenvalue weighted by atomic mass is 9.90. The van der Waals surface area contributed by atoms with Crippen LogP contribution in [-0.2, 0) is 19.8 Å². The van der Waals surface area contributed by atoms with Gasteiger partial charge in [-0.2, -0.15) is 18.0 Å². The van der Waals surface area contributed by atoms with Crippen molar-refractivity contribution in [3.8, 4) is 23.3 Å². The third-order valence-electron chi connectivity index (χ3n) is 12.6. The Labute approximate surface area is 372 Å². The van der Waals surface area contributed by atoms with E-state index in [1.807, 2.05) is 6.07 Å². The van der Waals surface area contributed by atoms with Crippen molar-refractivity contribution in [3.05, 3.63) is 106 Å². The summed E-state index contributed by atoms with van der Waals surface area (Å²) in [4.78, 5) is 53.4. The molecule has 5 aromatic rings. The van der Waals surface area contributed by atoms with Gasteiger partial charge < -0.3 is 14.5 Å². The lowest BCUT2D eigenvalue weighted by Gasteiger charge is -2.39. The molecule has 20 heteroatoms. The maximum Gasteiger partial charge on any atom is 0.301 e. The van der Waals surface area contributed by atoms with Crippen LogP contribution < -0.4 is 30.1 Å². The molecule has 9 rings (SSSR count). The van der Waals surface area contributed by atoms with Gasteiger partial charge in [-0.05, 0) is 91.8 Å². The summed E-state index contributed by atoms with van der Waals surface area (Å²) in [6.07, 6.45) is 4.18. The highest BCUT2D eigenvalue weighted by Gasteiger charge is 2.33. The van der Waals surface area contributed by atoms with Crippen LogP contribution >= 0.6 is 0 Å². The van der Waals surface area contributed by atoms with Crippen LogP contribution in [0, 0.1) is 28.9 Å². The molecule has 2 aromatic heterocycles. The zero-order valence-corrected chi connectivity index (χ0v) is 35.9. The average Bonchev–Trinajstić information content (AvgIpc) is 3.76. The third-order valence-corrected chi connectivity index (χ3v) is 14.1. The van der Waals surface area contributed by atoms with Crippen molar-refractivity contribution in [1.82, 2.24) is 29.1 Å². The molecule has 0 radical (unpaired) electrons. The number of pyridine rings is 1. The number of halogens is 3. The predicted octanol–water partition coefficient (Wildman–Crippen LogP) is 4.98. The normalized spacial score (nSPS) is 20.2. The van der Waals surface area contributed by atoms with Gasteiger partial charge in [0, 0.05) is 65.3 Å². The number of piperidine rings is 2. The Balaban J connectivity index is 0.798. The maximum absolute atomic E-state index is 15.3. The molecule has 2 amide bonds. The number of carbonyl (C=O) groups excluding carboxylic acids is 2. The molecule has 0 bridgehead atoms. The quantitative estimate of drug-likeness (QED) is 0.170. The molecule has 0 saturated carbocycles. The molecule has 3 aromatic carbocycles. The minimum atomic E-state index is -4.25. The summed E-state index contributed by atoms with van der Waals surface area (Å²) in [5, 5.41) is 12.4. The summed E-state index contributed by atoms with van der Waals surface area (Å²) in [6.45, 7) is 5.24. The monoisotopic (exact) mass is 910 g/mol. The van der Waals surface area contributed by atoms with E-state index in [4.69, 9.17) is 4.74 Å². The number of ether oxygens (including phenoxy) is 1. The van der Waals surface area contributed by atoms with E-state index < -0.39 is 45.0 Å². The van der Waals surface area contributed by atoms with Gasteiger partial charge in [0.05, 0.1) is 40.1 Å². The van der Waals surface area contributed by atoms with E-state index in [0.717, 1.165) is 80.9 Å². The number of alkyl halides is 1. The standard InChI is InChI=1S/C45H45F3N10O6S/c46-30-13-16-57(26-30)65(62,63)53-39-7-5-36(47)43(35(39)23-49)64-32-3-6-38-34(22-32)45(61)58(27-51-38)31-2-9-41(50-24-31)56-19-17-54(18-20-56)25-28-11-14-55(15-12-28)40-8-1-29(21-37(40)48)33-4-10-42(59)52-44(33)60/h1-3,5-9,21-22,24,27-28,30,33,53H,4,10-20,25-26H2,(H,52,59,60)/t30-,33?/m1/s1. The van der Waals surface area contributed by atoms with Crippen LogP contribution in [0.2, 0.25) is 0 Å². The Morgan fingerprint density at radius 3 is 2.35 bits per heavy atom. The fourth-order valence-electron chi connectivity index (χ4n) is 9.03. The van der Waals surface area contributed by atoms with Gasteiger partial charge in [0.2, 0.25) is 11.8 Å². The zero-order chi connectivity index (χ0) is 45.4. The number of nitrogens with one attached hydrogen (secondary N) is 2. The van der Waals surface area contributed by atoms with Gasteiger partial charge in [-0.15, -0.1) is 0 Å². The Morgan fingerprint density at radius 2 is 1.66 bits per heavy atom. The summed E-state index contributed by atoms with van der Waals surface area (Å²) >= 11 is 0. The van der Waals surface area contributed by atoms with Gasteiger partial charge in [0.15, 0.2) is 11.6 Å². The molecule has 6 heterocycles. The summed E-state index contributed by atoms with van der Waals surface area (Å²) in [6, 6.07) is 16.7. The number of fused-ring (bicyclic) bond motifs is 1. The number of nitrogens with zero attached hydrogens (tertiary/aromatic N) is 8. The van der Waals surface area contributed by atoms with Crippen molar-refractivity contribution in [2.45, 2.75) is 44.2 Å². The molecule has 16 nitrogen and oxygen atoms in total. The second-order valence-electron chi connectivity index (χ2n) is 16.8. The van der Waals surface area contributed by atoms with Crippen LogP contribution in [0.1, 0.15) is 49.1 Å². The molecule has 4 fully saturated rings. The van der Waals surface area contributed by atoms with Crippen molar-refractivity contribution in [2.24, 2.45) is 5.92 Å². The molecule has 4 saturated heterocycles. The zero-order valence-electron chi connectivity index (χ0n) is 35.1. The first-order valence-corrected chi connectivity index (χ1v) is 22.9. The number of anilines is 3. The first kappa shape index (κ1) is 43.7. The Hall–Kier alpha value is -6.56. The maximum atomic E-state index is 15.3. The third kappa shape index (κ3) is 9.21. The fourth-order valence-corrected chi connectivity index (χ4v) is 10.3. The van der Waals surface area contributed by atoms with E-state index >= 15 is 8.78 Å². The molecular formula is C45H45F3N10O6S. The molecular weight excluding hydrogens is 866 g/mol. The van der Waals surface area contributed by atoms with Crippen molar-refractivity contribution in [1.29, 1.82) is 5.26 Å². The van der Waals surface area contributed by atoms with E-state index in [0.29, 0.717) is 34.8 Å². The van der Waals surface area contributed by atoms with Gasteiger partial charge in [0.1, 0.15) is 41.5 Å². The number of benzene rings is 3. The predicted molar refractivity (Wildman–Crippen MR) is 235 cm³/mol. The van der Waals surface area contributed by atoms with E-state index in [-0.39, 0.29) is 60.4 Å². The van der Waals surface area contributed by atoms with Crippen LogP contribution in [0.4, 0.5) is 30.4 Å². The molecule has 338 valence electrons. The largest absolute Gasteiger partial charge is 0.453 e. The number of imide groups is 1. The highest BCUT2D eigenvalue weighted by Crippen LogP contribution is 2.35. The number of aromatic nitrogens is 3. The summed E-state index contributed by atoms with van der Waals surface area (Å²) in [5.74, 6) is -1.84. The minimum Gasteiger partial charge on any atom is -0.453 e. The Morgan fingerprint density at radius 1 is 0.862 bits per heavy atom. The van der Waals surface area contributed by atoms with Gasteiger partial charge in [-0.25, -0.2) is 23.1 Å². The number of piperazine rings is 1. The van der Waals surface area contributed by atoms with E-state index in [1.54, 1.807) is 30.5 Å². The van der Waals surface area contributed by atoms with Gasteiger partial charge in [-0.3, -0.25) is 33.9 Å². The van der Waals surface area contributed by atoms with Crippen molar-refractivity contribution < 1.29 is 35.9 Å². The van der Waals surface area contributed by atoms with Crippen LogP contribution in [0.5, 0.6) is 11.5 Å². The molecule has 1 unspecified atom stereocenters. The molecule has 65 heavy (non-hydrogen) atoms. The van der Waals surface area contributed by atoms with Gasteiger partial charge in [0.25, 0.3) is 5.56 Å². The van der Waals surface area contributed by atoms with Crippen molar-refractivity contribution >= 4 is 50.1 Å². The summed E-state index contributed by atoms with van der Waals surface area (Å²) in [5.41, 5.74) is 0.763.